The SMILES string of the molecule is CCN(CC(C)(C)CN)c1ccnc2cc(Cl)ccc12. The molecule has 1 aromatic heterocycles. The topological polar surface area (TPSA) is 42.1 Å². The van der Waals surface area contributed by atoms with E-state index in [-0.39, 0.29) is 5.41 Å². The summed E-state index contributed by atoms with van der Waals surface area (Å²) in [5.74, 6) is 0. The van der Waals surface area contributed by atoms with Crippen molar-refractivity contribution in [2.45, 2.75) is 20.8 Å². The largest absolute Gasteiger partial charge is 0.371 e. The Balaban J connectivity index is 2.44. The highest BCUT2D eigenvalue weighted by Crippen LogP contribution is 2.29. The van der Waals surface area contributed by atoms with Crippen molar-refractivity contribution in [3.05, 3.63) is 35.5 Å². The first-order valence-electron chi connectivity index (χ1n) is 6.96. The zero-order valence-electron chi connectivity index (χ0n) is 12.4. The predicted octanol–water partition coefficient (Wildman–Crippen LogP) is 3.70. The fourth-order valence-electron chi connectivity index (χ4n) is 2.33. The van der Waals surface area contributed by atoms with Crippen LogP contribution in [0.25, 0.3) is 10.9 Å². The van der Waals surface area contributed by atoms with Crippen LogP contribution in [0.2, 0.25) is 5.02 Å². The van der Waals surface area contributed by atoms with Gasteiger partial charge in [-0.1, -0.05) is 25.4 Å². The molecular formula is C16H22ClN3. The molecule has 0 amide bonds. The number of nitrogens with zero attached hydrogens (tertiary/aromatic N) is 2. The van der Waals surface area contributed by atoms with Crippen molar-refractivity contribution in [2.75, 3.05) is 24.5 Å². The summed E-state index contributed by atoms with van der Waals surface area (Å²) in [4.78, 5) is 6.75. The van der Waals surface area contributed by atoms with Crippen LogP contribution in [0.5, 0.6) is 0 Å². The maximum atomic E-state index is 6.04. The molecule has 2 rings (SSSR count). The van der Waals surface area contributed by atoms with E-state index in [0.717, 1.165) is 24.0 Å². The van der Waals surface area contributed by atoms with Gasteiger partial charge in [0.2, 0.25) is 0 Å². The van der Waals surface area contributed by atoms with Gasteiger partial charge in [0, 0.05) is 35.4 Å². The van der Waals surface area contributed by atoms with Crippen molar-refractivity contribution in [3.63, 3.8) is 0 Å². The number of rotatable bonds is 5. The Morgan fingerprint density at radius 3 is 2.70 bits per heavy atom. The van der Waals surface area contributed by atoms with Crippen molar-refractivity contribution in [2.24, 2.45) is 11.1 Å². The van der Waals surface area contributed by atoms with Gasteiger partial charge in [-0.15, -0.1) is 0 Å². The van der Waals surface area contributed by atoms with E-state index >= 15 is 0 Å². The highest BCUT2D eigenvalue weighted by molar-refractivity contribution is 6.31. The summed E-state index contributed by atoms with van der Waals surface area (Å²) in [6.45, 7) is 9.06. The fourth-order valence-corrected chi connectivity index (χ4v) is 2.50. The number of halogens is 1. The van der Waals surface area contributed by atoms with E-state index in [9.17, 15) is 0 Å². The maximum Gasteiger partial charge on any atom is 0.0737 e. The summed E-state index contributed by atoms with van der Waals surface area (Å²) in [5.41, 5.74) is 8.06. The van der Waals surface area contributed by atoms with Gasteiger partial charge in [-0.2, -0.15) is 0 Å². The Morgan fingerprint density at radius 1 is 1.30 bits per heavy atom. The van der Waals surface area contributed by atoms with Crippen molar-refractivity contribution in [1.29, 1.82) is 0 Å². The Bertz CT molecular complexity index is 595. The van der Waals surface area contributed by atoms with Crippen LogP contribution >= 0.6 is 11.6 Å². The third-order valence-corrected chi connectivity index (χ3v) is 3.81. The Kier molecular flexibility index (Phi) is 4.51. The number of hydrogen-bond donors (Lipinski definition) is 1. The Morgan fingerprint density at radius 2 is 2.05 bits per heavy atom. The molecule has 0 bridgehead atoms. The Labute approximate surface area is 125 Å². The van der Waals surface area contributed by atoms with Crippen LogP contribution in [0, 0.1) is 5.41 Å². The predicted molar refractivity (Wildman–Crippen MR) is 87.5 cm³/mol. The first-order valence-corrected chi connectivity index (χ1v) is 7.34. The van der Waals surface area contributed by atoms with Gasteiger partial charge in [-0.25, -0.2) is 0 Å². The van der Waals surface area contributed by atoms with Gasteiger partial charge in [-0.3, -0.25) is 4.98 Å². The highest BCUT2D eigenvalue weighted by atomic mass is 35.5. The molecule has 0 fully saturated rings. The zero-order valence-corrected chi connectivity index (χ0v) is 13.1. The van der Waals surface area contributed by atoms with E-state index in [1.807, 2.05) is 24.4 Å². The molecule has 0 aliphatic heterocycles. The van der Waals surface area contributed by atoms with Gasteiger partial charge in [-0.05, 0) is 43.1 Å². The summed E-state index contributed by atoms with van der Waals surface area (Å²) in [6, 6.07) is 7.92. The van der Waals surface area contributed by atoms with Crippen LogP contribution in [0.3, 0.4) is 0 Å². The van der Waals surface area contributed by atoms with Crippen LogP contribution < -0.4 is 10.6 Å². The van der Waals surface area contributed by atoms with Gasteiger partial charge in [0.15, 0.2) is 0 Å². The molecule has 1 aromatic carbocycles. The monoisotopic (exact) mass is 291 g/mol. The molecule has 0 aliphatic carbocycles. The number of fused-ring (bicyclic) bond motifs is 1. The minimum atomic E-state index is 0.0814. The van der Waals surface area contributed by atoms with Crippen LogP contribution in [0.4, 0.5) is 5.69 Å². The lowest BCUT2D eigenvalue weighted by Crippen LogP contribution is -2.38. The second-order valence-corrected chi connectivity index (χ2v) is 6.31. The van der Waals surface area contributed by atoms with Gasteiger partial charge in [0.1, 0.15) is 0 Å². The molecule has 0 saturated heterocycles. The number of pyridine rings is 1. The molecule has 0 atom stereocenters. The van der Waals surface area contributed by atoms with Gasteiger partial charge in [0.25, 0.3) is 0 Å². The molecule has 0 aliphatic rings. The first kappa shape index (κ1) is 15.1. The number of nitrogens with two attached hydrogens (primary N) is 1. The Hall–Kier alpha value is -1.32. The van der Waals surface area contributed by atoms with Crippen LogP contribution in [0.15, 0.2) is 30.5 Å². The summed E-state index contributed by atoms with van der Waals surface area (Å²) >= 11 is 6.04. The van der Waals surface area contributed by atoms with E-state index in [4.69, 9.17) is 17.3 Å². The fraction of sp³-hybridized carbons (Fsp3) is 0.438. The van der Waals surface area contributed by atoms with E-state index in [1.165, 1.54) is 5.69 Å². The molecule has 108 valence electrons. The molecule has 0 spiro atoms. The third-order valence-electron chi connectivity index (χ3n) is 3.58. The number of aromatic nitrogens is 1. The number of benzene rings is 1. The molecule has 1 heterocycles. The molecular weight excluding hydrogens is 270 g/mol. The van der Waals surface area contributed by atoms with Crippen molar-refractivity contribution < 1.29 is 0 Å². The summed E-state index contributed by atoms with van der Waals surface area (Å²) in [7, 11) is 0. The second kappa shape index (κ2) is 5.98. The van der Waals surface area contributed by atoms with Crippen molar-refractivity contribution in [1.82, 2.24) is 4.98 Å². The molecule has 0 saturated carbocycles. The van der Waals surface area contributed by atoms with Crippen LogP contribution in [-0.2, 0) is 0 Å². The lowest BCUT2D eigenvalue weighted by molar-refractivity contribution is 0.380. The van der Waals surface area contributed by atoms with Crippen molar-refractivity contribution >= 4 is 28.2 Å². The zero-order chi connectivity index (χ0) is 14.8. The first-order chi connectivity index (χ1) is 9.46. The van der Waals surface area contributed by atoms with E-state index < -0.39 is 0 Å². The van der Waals surface area contributed by atoms with E-state index in [0.29, 0.717) is 11.6 Å². The third kappa shape index (κ3) is 3.22. The lowest BCUT2D eigenvalue weighted by atomic mass is 9.92. The molecule has 0 unspecified atom stereocenters. The maximum absolute atomic E-state index is 6.04. The van der Waals surface area contributed by atoms with Gasteiger partial charge in [0.05, 0.1) is 5.52 Å². The number of hydrogen-bond acceptors (Lipinski definition) is 3. The second-order valence-electron chi connectivity index (χ2n) is 5.87. The van der Waals surface area contributed by atoms with Crippen molar-refractivity contribution in [3.8, 4) is 0 Å². The minimum absolute atomic E-state index is 0.0814. The summed E-state index contributed by atoms with van der Waals surface area (Å²) in [6.07, 6.45) is 1.84. The molecule has 4 heteroatoms. The van der Waals surface area contributed by atoms with Gasteiger partial charge >= 0.3 is 0 Å². The lowest BCUT2D eigenvalue weighted by Gasteiger charge is -2.33. The number of anilines is 1. The van der Waals surface area contributed by atoms with E-state index in [1.54, 1.807) is 0 Å². The van der Waals surface area contributed by atoms with Crippen LogP contribution in [-0.4, -0.2) is 24.6 Å². The smallest absolute Gasteiger partial charge is 0.0737 e. The standard InChI is InChI=1S/C16H22ClN3/c1-4-20(11-16(2,3)10-18)15-7-8-19-14-9-12(17)5-6-13(14)15/h5-9H,4,10-11,18H2,1-3H3. The molecule has 3 nitrogen and oxygen atoms in total. The molecule has 2 aromatic rings. The van der Waals surface area contributed by atoms with Gasteiger partial charge < -0.3 is 10.6 Å². The molecule has 20 heavy (non-hydrogen) atoms. The van der Waals surface area contributed by atoms with E-state index in [2.05, 4.69) is 36.7 Å². The average Bonchev–Trinajstić information content (AvgIpc) is 2.44. The summed E-state index contributed by atoms with van der Waals surface area (Å²) < 4.78 is 0. The quantitative estimate of drug-likeness (QED) is 0.913. The average molecular weight is 292 g/mol. The summed E-state index contributed by atoms with van der Waals surface area (Å²) in [5, 5.41) is 1.85. The molecule has 0 radical (unpaired) electrons. The molecule has 2 N–H and O–H groups in total. The van der Waals surface area contributed by atoms with Crippen LogP contribution in [0.1, 0.15) is 20.8 Å². The highest BCUT2D eigenvalue weighted by Gasteiger charge is 2.20. The minimum Gasteiger partial charge on any atom is -0.371 e. The normalized spacial score (nSPS) is 11.8.